The molecule has 0 aliphatic rings. The molecule has 0 amide bonds. The summed E-state index contributed by atoms with van der Waals surface area (Å²) in [5.41, 5.74) is 0.266. The van der Waals surface area contributed by atoms with E-state index < -0.39 is 11.5 Å². The molecule has 6 heteroatoms. The van der Waals surface area contributed by atoms with Crippen LogP contribution >= 0.6 is 23.2 Å². The van der Waals surface area contributed by atoms with E-state index in [9.17, 15) is 9.59 Å². The van der Waals surface area contributed by atoms with Gasteiger partial charge in [-0.15, -0.1) is 0 Å². The van der Waals surface area contributed by atoms with Crippen molar-refractivity contribution in [3.8, 4) is 11.1 Å². The fourth-order valence-corrected chi connectivity index (χ4v) is 2.20. The van der Waals surface area contributed by atoms with Crippen molar-refractivity contribution >= 4 is 29.2 Å². The maximum absolute atomic E-state index is 12.0. The van der Waals surface area contributed by atoms with Gasteiger partial charge in [-0.1, -0.05) is 23.2 Å². The number of aromatic amines is 1. The fraction of sp³-hybridized carbons (Fsp3) is 0.143. The molecule has 0 fully saturated rings. The number of H-pyrrole nitrogens is 1. The van der Waals surface area contributed by atoms with Gasteiger partial charge in [-0.2, -0.15) is 0 Å². The van der Waals surface area contributed by atoms with Gasteiger partial charge in [0.1, 0.15) is 0 Å². The first-order valence-corrected chi connectivity index (χ1v) is 6.64. The van der Waals surface area contributed by atoms with E-state index in [1.54, 1.807) is 19.1 Å². The van der Waals surface area contributed by atoms with Crippen LogP contribution in [0.1, 0.15) is 17.3 Å². The Morgan fingerprint density at radius 2 is 2.05 bits per heavy atom. The molecule has 0 unspecified atom stereocenters. The SMILES string of the molecule is CCOC(=O)c1cc[nH]c(=O)c1-c1cc(Cl)ccc1Cl. The lowest BCUT2D eigenvalue weighted by Crippen LogP contribution is -2.16. The highest BCUT2D eigenvalue weighted by Crippen LogP contribution is 2.30. The Labute approximate surface area is 125 Å². The molecule has 1 aromatic heterocycles. The molecule has 0 aliphatic carbocycles. The first-order chi connectivity index (χ1) is 9.54. The lowest BCUT2D eigenvalue weighted by Gasteiger charge is -2.09. The summed E-state index contributed by atoms with van der Waals surface area (Å²) in [6, 6.07) is 6.19. The first-order valence-electron chi connectivity index (χ1n) is 5.88. The van der Waals surface area contributed by atoms with Gasteiger partial charge in [-0.25, -0.2) is 4.79 Å². The van der Waals surface area contributed by atoms with Crippen LogP contribution in [-0.2, 0) is 4.74 Å². The third-order valence-electron chi connectivity index (χ3n) is 2.65. The summed E-state index contributed by atoms with van der Waals surface area (Å²) in [5.74, 6) is -0.579. The van der Waals surface area contributed by atoms with Crippen LogP contribution in [0.3, 0.4) is 0 Å². The van der Waals surface area contributed by atoms with Crippen molar-refractivity contribution in [1.29, 1.82) is 0 Å². The number of esters is 1. The van der Waals surface area contributed by atoms with Crippen LogP contribution in [-0.4, -0.2) is 17.6 Å². The lowest BCUT2D eigenvalue weighted by atomic mass is 10.0. The van der Waals surface area contributed by atoms with Crippen molar-refractivity contribution in [3.05, 3.63) is 56.4 Å². The number of carbonyl (C=O) groups excluding carboxylic acids is 1. The van der Waals surface area contributed by atoms with Gasteiger partial charge in [0.2, 0.25) is 0 Å². The topological polar surface area (TPSA) is 59.2 Å². The summed E-state index contributed by atoms with van der Waals surface area (Å²) in [6.07, 6.45) is 1.39. The van der Waals surface area contributed by atoms with Crippen LogP contribution < -0.4 is 5.56 Å². The number of halogens is 2. The Morgan fingerprint density at radius 1 is 1.30 bits per heavy atom. The minimum atomic E-state index is -0.579. The van der Waals surface area contributed by atoms with Crippen molar-refractivity contribution in [3.63, 3.8) is 0 Å². The number of nitrogens with one attached hydrogen (secondary N) is 1. The van der Waals surface area contributed by atoms with Crippen molar-refractivity contribution in [2.75, 3.05) is 6.61 Å². The number of aromatic nitrogens is 1. The highest BCUT2D eigenvalue weighted by Gasteiger charge is 2.19. The van der Waals surface area contributed by atoms with Gasteiger partial charge in [0.15, 0.2) is 0 Å². The molecule has 104 valence electrons. The molecule has 1 N–H and O–H groups in total. The molecule has 4 nitrogen and oxygen atoms in total. The molecule has 0 atom stereocenters. The van der Waals surface area contributed by atoms with Crippen LogP contribution in [0.2, 0.25) is 10.0 Å². The quantitative estimate of drug-likeness (QED) is 0.882. The Balaban J connectivity index is 2.70. The van der Waals surface area contributed by atoms with Gasteiger partial charge < -0.3 is 9.72 Å². The number of hydrogen-bond acceptors (Lipinski definition) is 3. The van der Waals surface area contributed by atoms with Gasteiger partial charge in [0, 0.05) is 21.8 Å². The summed E-state index contributed by atoms with van der Waals surface area (Å²) in [7, 11) is 0. The Hall–Kier alpha value is -1.78. The van der Waals surface area contributed by atoms with Crippen LogP contribution in [0, 0.1) is 0 Å². The van der Waals surface area contributed by atoms with E-state index >= 15 is 0 Å². The molecule has 1 heterocycles. The van der Waals surface area contributed by atoms with E-state index in [1.807, 2.05) is 0 Å². The molecule has 0 spiro atoms. The molecular formula is C14H11Cl2NO3. The molecule has 0 saturated heterocycles. The summed E-state index contributed by atoms with van der Waals surface area (Å²) in [4.78, 5) is 26.5. The second-order valence-corrected chi connectivity index (χ2v) is 4.78. The largest absolute Gasteiger partial charge is 0.462 e. The zero-order valence-electron chi connectivity index (χ0n) is 10.6. The van der Waals surface area contributed by atoms with E-state index in [-0.39, 0.29) is 17.7 Å². The average Bonchev–Trinajstić information content (AvgIpc) is 2.42. The van der Waals surface area contributed by atoms with Crippen molar-refractivity contribution in [2.45, 2.75) is 6.92 Å². The zero-order chi connectivity index (χ0) is 14.7. The molecule has 20 heavy (non-hydrogen) atoms. The number of rotatable bonds is 3. The summed E-state index contributed by atoms with van der Waals surface area (Å²) in [6.45, 7) is 1.91. The standard InChI is InChI=1S/C14H11Cl2NO3/c1-2-20-14(19)9-5-6-17-13(18)12(9)10-7-8(15)3-4-11(10)16/h3-7H,2H2,1H3,(H,17,18). The predicted molar refractivity (Wildman–Crippen MR) is 78.5 cm³/mol. The molecule has 2 aromatic rings. The van der Waals surface area contributed by atoms with Crippen LogP contribution in [0.5, 0.6) is 0 Å². The smallest absolute Gasteiger partial charge is 0.339 e. The van der Waals surface area contributed by atoms with Crippen molar-refractivity contribution in [2.24, 2.45) is 0 Å². The first kappa shape index (κ1) is 14.6. The highest BCUT2D eigenvalue weighted by atomic mass is 35.5. The second kappa shape index (κ2) is 6.11. The van der Waals surface area contributed by atoms with Gasteiger partial charge in [-0.05, 0) is 31.2 Å². The minimum absolute atomic E-state index is 0.151. The van der Waals surface area contributed by atoms with Gasteiger partial charge in [-0.3, -0.25) is 4.79 Å². The molecule has 0 aliphatic heterocycles. The van der Waals surface area contributed by atoms with E-state index in [0.717, 1.165) is 0 Å². The molecule has 0 saturated carbocycles. The van der Waals surface area contributed by atoms with Gasteiger partial charge in [0.25, 0.3) is 5.56 Å². The van der Waals surface area contributed by atoms with E-state index in [4.69, 9.17) is 27.9 Å². The summed E-state index contributed by atoms with van der Waals surface area (Å²) in [5, 5.41) is 0.749. The van der Waals surface area contributed by atoms with E-state index in [2.05, 4.69) is 4.98 Å². The third kappa shape index (κ3) is 2.86. The fourth-order valence-electron chi connectivity index (χ4n) is 1.81. The summed E-state index contributed by atoms with van der Waals surface area (Å²) < 4.78 is 4.95. The average molecular weight is 312 g/mol. The molecule has 0 bridgehead atoms. The maximum Gasteiger partial charge on any atom is 0.339 e. The maximum atomic E-state index is 12.0. The van der Waals surface area contributed by atoms with Crippen molar-refractivity contribution in [1.82, 2.24) is 4.98 Å². The van der Waals surface area contributed by atoms with Gasteiger partial charge >= 0.3 is 5.97 Å². The molecule has 2 rings (SSSR count). The Morgan fingerprint density at radius 3 is 2.75 bits per heavy atom. The van der Waals surface area contributed by atoms with E-state index in [0.29, 0.717) is 15.6 Å². The summed E-state index contributed by atoms with van der Waals surface area (Å²) >= 11 is 12.0. The zero-order valence-corrected chi connectivity index (χ0v) is 12.1. The highest BCUT2D eigenvalue weighted by molar-refractivity contribution is 6.35. The van der Waals surface area contributed by atoms with Gasteiger partial charge in [0.05, 0.1) is 17.7 Å². The number of benzene rings is 1. The number of carbonyl (C=O) groups is 1. The number of pyridine rings is 1. The number of hydrogen-bond donors (Lipinski definition) is 1. The van der Waals surface area contributed by atoms with E-state index in [1.165, 1.54) is 18.3 Å². The monoisotopic (exact) mass is 311 g/mol. The predicted octanol–water partition coefficient (Wildman–Crippen LogP) is 3.53. The molecule has 1 aromatic carbocycles. The van der Waals surface area contributed by atoms with Crippen LogP contribution in [0.15, 0.2) is 35.3 Å². The lowest BCUT2D eigenvalue weighted by molar-refractivity contribution is 0.0527. The Bertz CT molecular complexity index is 710. The molecular weight excluding hydrogens is 301 g/mol. The normalized spacial score (nSPS) is 10.3. The number of ether oxygens (including phenoxy) is 1. The third-order valence-corrected chi connectivity index (χ3v) is 3.22. The molecule has 0 radical (unpaired) electrons. The van der Waals surface area contributed by atoms with Crippen LogP contribution in [0.25, 0.3) is 11.1 Å². The van der Waals surface area contributed by atoms with Crippen molar-refractivity contribution < 1.29 is 9.53 Å². The minimum Gasteiger partial charge on any atom is -0.462 e. The second-order valence-electron chi connectivity index (χ2n) is 3.94. The Kier molecular flexibility index (Phi) is 4.47. The van der Waals surface area contributed by atoms with Crippen LogP contribution in [0.4, 0.5) is 0 Å².